The number of carbonyl (C=O) groups excluding carboxylic acids is 1. The summed E-state index contributed by atoms with van der Waals surface area (Å²) >= 11 is 5.86. The first-order chi connectivity index (χ1) is 14.4. The summed E-state index contributed by atoms with van der Waals surface area (Å²) in [5, 5.41) is 15.9. The Hall–Kier alpha value is -3.65. The summed E-state index contributed by atoms with van der Waals surface area (Å²) in [5.74, 6) is 4.31. The Bertz CT molecular complexity index is 1220. The van der Waals surface area contributed by atoms with Crippen LogP contribution in [0.4, 0.5) is 21.5 Å². The van der Waals surface area contributed by atoms with Gasteiger partial charge in [-0.15, -0.1) is 0 Å². The number of hydrogen-bond acceptors (Lipinski definition) is 5. The molecule has 0 saturated carbocycles. The van der Waals surface area contributed by atoms with Crippen molar-refractivity contribution in [2.24, 2.45) is 0 Å². The van der Waals surface area contributed by atoms with Gasteiger partial charge in [-0.1, -0.05) is 17.5 Å². The number of fused-ring (bicyclic) bond motifs is 1. The summed E-state index contributed by atoms with van der Waals surface area (Å²) in [5.41, 5.74) is 2.39. The number of halogens is 2. The van der Waals surface area contributed by atoms with E-state index in [9.17, 15) is 14.4 Å². The zero-order valence-electron chi connectivity index (χ0n) is 16.3. The van der Waals surface area contributed by atoms with Crippen molar-refractivity contribution >= 4 is 45.5 Å². The van der Waals surface area contributed by atoms with Crippen LogP contribution in [0.25, 0.3) is 10.9 Å². The first-order valence-corrected chi connectivity index (χ1v) is 9.24. The summed E-state index contributed by atoms with van der Waals surface area (Å²) in [6.45, 7) is 0.467. The maximum atomic E-state index is 13.5. The lowest BCUT2D eigenvalue weighted by atomic mass is 10.1. The van der Waals surface area contributed by atoms with Crippen LogP contribution in [0.15, 0.2) is 42.6 Å². The Morgan fingerprint density at radius 1 is 1.23 bits per heavy atom. The monoisotopic (exact) mass is 421 g/mol. The molecule has 2 aromatic carbocycles. The predicted octanol–water partition coefficient (Wildman–Crippen LogP) is 4.15. The van der Waals surface area contributed by atoms with E-state index in [-0.39, 0.29) is 10.6 Å². The van der Waals surface area contributed by atoms with Crippen molar-refractivity contribution in [1.29, 1.82) is 5.26 Å². The lowest BCUT2D eigenvalue weighted by molar-refractivity contribution is -0.111. The number of nitrogens with one attached hydrogen (secondary N) is 2. The topological polar surface area (TPSA) is 81.1 Å². The van der Waals surface area contributed by atoms with Crippen LogP contribution >= 0.6 is 11.6 Å². The summed E-state index contributed by atoms with van der Waals surface area (Å²) in [7, 11) is 3.72. The van der Waals surface area contributed by atoms with E-state index in [2.05, 4.69) is 33.5 Å². The first kappa shape index (κ1) is 21.1. The SMILES string of the molecule is CN(C)CC#CC(=O)Nc1ccc2ncc(C#N)c(Nc3ccc(F)c(Cl)c3)c2c1. The molecule has 2 N–H and O–H groups in total. The highest BCUT2D eigenvalue weighted by atomic mass is 35.5. The van der Waals surface area contributed by atoms with E-state index in [0.717, 1.165) is 0 Å². The third kappa shape index (κ3) is 5.03. The van der Waals surface area contributed by atoms with Gasteiger partial charge in [-0.3, -0.25) is 14.7 Å². The zero-order chi connectivity index (χ0) is 21.7. The number of nitriles is 1. The Morgan fingerprint density at radius 3 is 2.70 bits per heavy atom. The molecule has 0 unspecified atom stereocenters. The van der Waals surface area contributed by atoms with Gasteiger partial charge in [0, 0.05) is 23.0 Å². The predicted molar refractivity (Wildman–Crippen MR) is 116 cm³/mol. The molecule has 0 aliphatic rings. The van der Waals surface area contributed by atoms with Gasteiger partial charge in [0.2, 0.25) is 0 Å². The molecule has 6 nitrogen and oxygen atoms in total. The summed E-state index contributed by atoms with van der Waals surface area (Å²) < 4.78 is 13.5. The van der Waals surface area contributed by atoms with Crippen molar-refractivity contribution in [2.45, 2.75) is 0 Å². The number of anilines is 3. The van der Waals surface area contributed by atoms with Gasteiger partial charge in [-0.25, -0.2) is 4.39 Å². The highest BCUT2D eigenvalue weighted by molar-refractivity contribution is 6.31. The molecular weight excluding hydrogens is 405 g/mol. The Labute approximate surface area is 178 Å². The molecule has 0 aliphatic heterocycles. The maximum absolute atomic E-state index is 13.5. The number of aromatic nitrogens is 1. The van der Waals surface area contributed by atoms with E-state index in [1.807, 2.05) is 19.0 Å². The molecule has 0 atom stereocenters. The van der Waals surface area contributed by atoms with E-state index in [4.69, 9.17) is 11.6 Å². The van der Waals surface area contributed by atoms with Crippen molar-refractivity contribution in [2.75, 3.05) is 31.3 Å². The molecular formula is C22H17ClFN5O. The molecule has 8 heteroatoms. The van der Waals surface area contributed by atoms with Gasteiger partial charge in [-0.05, 0) is 56.4 Å². The van der Waals surface area contributed by atoms with Gasteiger partial charge in [-0.2, -0.15) is 5.26 Å². The lowest BCUT2D eigenvalue weighted by Gasteiger charge is -2.13. The molecule has 3 rings (SSSR count). The average molecular weight is 422 g/mol. The minimum Gasteiger partial charge on any atom is -0.354 e. The highest BCUT2D eigenvalue weighted by Crippen LogP contribution is 2.31. The molecule has 1 heterocycles. The molecule has 0 bridgehead atoms. The van der Waals surface area contributed by atoms with Crippen LogP contribution in [0.3, 0.4) is 0 Å². The smallest absolute Gasteiger partial charge is 0.300 e. The number of nitrogens with zero attached hydrogens (tertiary/aromatic N) is 3. The lowest BCUT2D eigenvalue weighted by Crippen LogP contribution is -2.13. The number of amides is 1. The van der Waals surface area contributed by atoms with Gasteiger partial charge in [0.1, 0.15) is 11.9 Å². The van der Waals surface area contributed by atoms with E-state index in [0.29, 0.717) is 34.5 Å². The first-order valence-electron chi connectivity index (χ1n) is 8.87. The van der Waals surface area contributed by atoms with Gasteiger partial charge in [0.15, 0.2) is 0 Å². The largest absolute Gasteiger partial charge is 0.354 e. The Kier molecular flexibility index (Phi) is 6.48. The summed E-state index contributed by atoms with van der Waals surface area (Å²) in [4.78, 5) is 18.2. The van der Waals surface area contributed by atoms with Crippen LogP contribution < -0.4 is 10.6 Å². The minimum absolute atomic E-state index is 0.0406. The number of rotatable bonds is 4. The molecule has 1 aromatic heterocycles. The van der Waals surface area contributed by atoms with E-state index in [1.165, 1.54) is 24.4 Å². The van der Waals surface area contributed by atoms with Crippen LogP contribution in [0, 0.1) is 29.0 Å². The quantitative estimate of drug-likeness (QED) is 0.618. The third-order valence-electron chi connectivity index (χ3n) is 4.03. The second-order valence-electron chi connectivity index (χ2n) is 6.64. The standard InChI is InChI=1S/C22H17ClFN5O/c1-29(2)9-3-4-21(30)27-15-6-8-20-17(10-15)22(14(12-25)13-26-20)28-16-5-7-19(24)18(23)11-16/h5-8,10-11,13H,9H2,1-2H3,(H,26,28)(H,27,30). The highest BCUT2D eigenvalue weighted by Gasteiger charge is 2.12. The molecule has 0 saturated heterocycles. The van der Waals surface area contributed by atoms with Crippen LogP contribution in [0.1, 0.15) is 5.56 Å². The van der Waals surface area contributed by atoms with E-state index in [1.54, 1.807) is 18.2 Å². The molecule has 0 radical (unpaired) electrons. The molecule has 0 spiro atoms. The van der Waals surface area contributed by atoms with E-state index >= 15 is 0 Å². The minimum atomic E-state index is -0.539. The Balaban J connectivity index is 1.97. The molecule has 150 valence electrons. The van der Waals surface area contributed by atoms with Gasteiger partial charge in [0.25, 0.3) is 5.91 Å². The van der Waals surface area contributed by atoms with E-state index < -0.39 is 11.7 Å². The fourth-order valence-electron chi connectivity index (χ4n) is 2.65. The molecule has 0 aliphatic carbocycles. The third-order valence-corrected chi connectivity index (χ3v) is 4.32. The van der Waals surface area contributed by atoms with Crippen LogP contribution in [-0.2, 0) is 4.79 Å². The second-order valence-corrected chi connectivity index (χ2v) is 7.05. The van der Waals surface area contributed by atoms with Gasteiger partial charge >= 0.3 is 0 Å². The van der Waals surface area contributed by atoms with Crippen molar-refractivity contribution in [3.63, 3.8) is 0 Å². The average Bonchev–Trinajstić information content (AvgIpc) is 2.70. The number of benzene rings is 2. The van der Waals surface area contributed by atoms with Crippen molar-refractivity contribution in [3.8, 4) is 17.9 Å². The molecule has 30 heavy (non-hydrogen) atoms. The molecule has 3 aromatic rings. The van der Waals surface area contributed by atoms with Crippen molar-refractivity contribution < 1.29 is 9.18 Å². The van der Waals surface area contributed by atoms with Gasteiger partial charge in [0.05, 0.1) is 28.3 Å². The summed E-state index contributed by atoms with van der Waals surface area (Å²) in [6, 6.07) is 11.4. The fourth-order valence-corrected chi connectivity index (χ4v) is 2.83. The van der Waals surface area contributed by atoms with Crippen LogP contribution in [-0.4, -0.2) is 36.4 Å². The van der Waals surface area contributed by atoms with Crippen LogP contribution in [0.2, 0.25) is 5.02 Å². The fraction of sp³-hybridized carbons (Fsp3) is 0.136. The maximum Gasteiger partial charge on any atom is 0.300 e. The van der Waals surface area contributed by atoms with Crippen LogP contribution in [0.5, 0.6) is 0 Å². The van der Waals surface area contributed by atoms with Gasteiger partial charge < -0.3 is 10.6 Å². The summed E-state index contributed by atoms with van der Waals surface area (Å²) in [6.07, 6.45) is 1.45. The number of pyridine rings is 1. The molecule has 0 fully saturated rings. The zero-order valence-corrected chi connectivity index (χ0v) is 17.0. The molecule has 1 amide bonds. The van der Waals surface area contributed by atoms with Crippen molar-refractivity contribution in [1.82, 2.24) is 9.88 Å². The van der Waals surface area contributed by atoms with Crippen molar-refractivity contribution in [3.05, 3.63) is 59.0 Å². The second kappa shape index (κ2) is 9.23. The number of carbonyl (C=O) groups is 1. The number of hydrogen-bond donors (Lipinski definition) is 2. The normalized spacial score (nSPS) is 10.3. The Morgan fingerprint density at radius 2 is 2.00 bits per heavy atom.